The molecule has 20 heavy (non-hydrogen) atoms. The maximum Gasteiger partial charge on any atom is 0.313 e. The Bertz CT molecular complexity index is 518. The summed E-state index contributed by atoms with van der Waals surface area (Å²) in [5, 5.41) is 0. The second kappa shape index (κ2) is 4.19. The minimum Gasteiger partial charge on any atom is -0.453 e. The summed E-state index contributed by atoms with van der Waals surface area (Å²) in [7, 11) is 0. The lowest BCUT2D eigenvalue weighted by atomic mass is 9.49. The third-order valence-corrected chi connectivity index (χ3v) is 6.04. The van der Waals surface area contributed by atoms with Gasteiger partial charge in [-0.15, -0.1) is 0 Å². The zero-order valence-electron chi connectivity index (χ0n) is 12.9. The third-order valence-electron chi connectivity index (χ3n) is 6.04. The number of carbonyl (C=O) groups is 2. The van der Waals surface area contributed by atoms with Crippen molar-refractivity contribution in [1.29, 1.82) is 0 Å². The van der Waals surface area contributed by atoms with Crippen molar-refractivity contribution in [3.63, 3.8) is 0 Å². The van der Waals surface area contributed by atoms with E-state index in [-0.39, 0.29) is 23.1 Å². The monoisotopic (exact) mass is 276 g/mol. The van der Waals surface area contributed by atoms with Crippen molar-refractivity contribution in [3.05, 3.63) is 11.1 Å². The van der Waals surface area contributed by atoms with E-state index in [1.165, 1.54) is 5.57 Å². The van der Waals surface area contributed by atoms with Crippen molar-refractivity contribution in [2.24, 2.45) is 16.7 Å². The molecule has 110 valence electrons. The zero-order chi connectivity index (χ0) is 14.7. The van der Waals surface area contributed by atoms with Gasteiger partial charge in [-0.1, -0.05) is 32.3 Å². The lowest BCUT2D eigenvalue weighted by molar-refractivity contribution is -0.151. The Kier molecular flexibility index (Phi) is 2.90. The molecule has 0 amide bonds. The normalized spacial score (nSPS) is 43.6. The standard InChI is InChI=1S/C17H24O3/c1-5-7-11-10(2)12(18)13-14-16(11,3)8-6-9-17(14,4)15(19)20-13/h13-14H,5-9H2,1-4H3. The average molecular weight is 276 g/mol. The van der Waals surface area contributed by atoms with Crippen molar-refractivity contribution in [1.82, 2.24) is 0 Å². The van der Waals surface area contributed by atoms with E-state index in [9.17, 15) is 9.59 Å². The fourth-order valence-electron chi connectivity index (χ4n) is 5.11. The number of hydrogen-bond donors (Lipinski definition) is 0. The fourth-order valence-corrected chi connectivity index (χ4v) is 5.11. The van der Waals surface area contributed by atoms with Gasteiger partial charge in [0.1, 0.15) is 0 Å². The van der Waals surface area contributed by atoms with E-state index < -0.39 is 11.5 Å². The molecule has 2 aliphatic carbocycles. The molecule has 1 saturated carbocycles. The maximum atomic E-state index is 12.6. The highest BCUT2D eigenvalue weighted by Crippen LogP contribution is 2.63. The summed E-state index contributed by atoms with van der Waals surface area (Å²) in [5.41, 5.74) is 1.63. The van der Waals surface area contributed by atoms with Gasteiger partial charge in [0.2, 0.25) is 0 Å². The number of ether oxygens (including phenoxy) is 1. The molecule has 2 fully saturated rings. The summed E-state index contributed by atoms with van der Waals surface area (Å²) in [6.07, 6.45) is 4.44. The van der Waals surface area contributed by atoms with Crippen molar-refractivity contribution in [2.75, 3.05) is 0 Å². The van der Waals surface area contributed by atoms with Gasteiger partial charge < -0.3 is 4.74 Å². The molecule has 3 heteroatoms. The van der Waals surface area contributed by atoms with Gasteiger partial charge in [-0.25, -0.2) is 0 Å². The van der Waals surface area contributed by atoms with E-state index in [2.05, 4.69) is 13.8 Å². The van der Waals surface area contributed by atoms with E-state index >= 15 is 0 Å². The molecule has 1 aliphatic heterocycles. The molecular weight excluding hydrogens is 252 g/mol. The lowest BCUT2D eigenvalue weighted by Gasteiger charge is -2.51. The Morgan fingerprint density at radius 2 is 1.85 bits per heavy atom. The van der Waals surface area contributed by atoms with E-state index in [1.807, 2.05) is 13.8 Å². The summed E-state index contributed by atoms with van der Waals surface area (Å²) in [6, 6.07) is 0. The second-order valence-electron chi connectivity index (χ2n) is 7.21. The molecule has 0 bridgehead atoms. The minimum atomic E-state index is -0.529. The van der Waals surface area contributed by atoms with Crippen molar-refractivity contribution < 1.29 is 14.3 Å². The molecule has 0 N–H and O–H groups in total. The smallest absolute Gasteiger partial charge is 0.313 e. The maximum absolute atomic E-state index is 12.6. The first-order valence-corrected chi connectivity index (χ1v) is 7.82. The zero-order valence-corrected chi connectivity index (χ0v) is 12.9. The molecule has 0 aromatic heterocycles. The molecule has 1 saturated heterocycles. The number of allylic oxidation sites excluding steroid dienone is 1. The van der Waals surface area contributed by atoms with Crippen LogP contribution in [0.5, 0.6) is 0 Å². The fraction of sp³-hybridized carbons (Fsp3) is 0.765. The molecule has 4 atom stereocenters. The van der Waals surface area contributed by atoms with Crippen molar-refractivity contribution in [2.45, 2.75) is 65.9 Å². The van der Waals surface area contributed by atoms with Crippen LogP contribution in [0.2, 0.25) is 0 Å². The van der Waals surface area contributed by atoms with Gasteiger partial charge in [-0.3, -0.25) is 9.59 Å². The summed E-state index contributed by atoms with van der Waals surface area (Å²) in [6.45, 7) is 8.34. The molecule has 0 aromatic rings. The summed E-state index contributed by atoms with van der Waals surface area (Å²) >= 11 is 0. The van der Waals surface area contributed by atoms with Gasteiger partial charge in [-0.2, -0.15) is 0 Å². The second-order valence-corrected chi connectivity index (χ2v) is 7.21. The highest BCUT2D eigenvalue weighted by Gasteiger charge is 2.66. The van der Waals surface area contributed by atoms with Crippen LogP contribution in [0.3, 0.4) is 0 Å². The summed E-state index contributed by atoms with van der Waals surface area (Å²) in [4.78, 5) is 25.0. The van der Waals surface area contributed by atoms with Crippen LogP contribution in [-0.2, 0) is 14.3 Å². The molecule has 0 aromatic carbocycles. The highest BCUT2D eigenvalue weighted by molar-refractivity contribution is 6.04. The molecule has 4 unspecified atom stereocenters. The highest BCUT2D eigenvalue weighted by atomic mass is 16.6. The van der Waals surface area contributed by atoms with Crippen LogP contribution in [0.25, 0.3) is 0 Å². The van der Waals surface area contributed by atoms with Crippen LogP contribution in [-0.4, -0.2) is 17.9 Å². The molecular formula is C17H24O3. The molecule has 0 spiro atoms. The van der Waals surface area contributed by atoms with Gasteiger partial charge in [0.15, 0.2) is 11.9 Å². The molecule has 3 nitrogen and oxygen atoms in total. The van der Waals surface area contributed by atoms with Crippen molar-refractivity contribution >= 4 is 11.8 Å². The number of ketones is 1. The van der Waals surface area contributed by atoms with Gasteiger partial charge in [0.05, 0.1) is 5.41 Å². The van der Waals surface area contributed by atoms with Gasteiger partial charge in [0, 0.05) is 5.92 Å². The van der Waals surface area contributed by atoms with Crippen LogP contribution in [0.1, 0.15) is 59.8 Å². The predicted octanol–water partition coefficient (Wildman–Crippen LogP) is 3.42. The van der Waals surface area contributed by atoms with Crippen LogP contribution in [0, 0.1) is 16.7 Å². The average Bonchev–Trinajstić information content (AvgIpc) is 2.67. The number of rotatable bonds is 2. The Hall–Kier alpha value is -1.12. The number of Topliss-reactive ketones (excluding diaryl/α,β-unsaturated/α-hetero) is 1. The minimum absolute atomic E-state index is 0.0361. The van der Waals surface area contributed by atoms with Crippen LogP contribution in [0.15, 0.2) is 11.1 Å². The van der Waals surface area contributed by atoms with Crippen molar-refractivity contribution in [3.8, 4) is 0 Å². The molecule has 1 heterocycles. The van der Waals surface area contributed by atoms with E-state index in [1.54, 1.807) is 0 Å². The third kappa shape index (κ3) is 1.47. The van der Waals surface area contributed by atoms with Gasteiger partial charge >= 0.3 is 5.97 Å². The first-order chi connectivity index (χ1) is 9.36. The van der Waals surface area contributed by atoms with E-state index in [0.29, 0.717) is 0 Å². The van der Waals surface area contributed by atoms with E-state index in [0.717, 1.165) is 37.7 Å². The Balaban J connectivity index is 2.19. The largest absolute Gasteiger partial charge is 0.453 e. The molecule has 3 rings (SSSR count). The summed E-state index contributed by atoms with van der Waals surface area (Å²) in [5.74, 6) is -0.0683. The quantitative estimate of drug-likeness (QED) is 0.726. The number of carbonyl (C=O) groups excluding carboxylic acids is 2. The summed E-state index contributed by atoms with van der Waals surface area (Å²) < 4.78 is 5.53. The van der Waals surface area contributed by atoms with E-state index in [4.69, 9.17) is 4.74 Å². The lowest BCUT2D eigenvalue weighted by Crippen LogP contribution is -2.52. The SMILES string of the molecule is CCCC1=C(C)C(=O)C2OC(=O)C3(C)CCCC1(C)C23. The predicted molar refractivity (Wildman–Crippen MR) is 76.1 cm³/mol. The molecule has 0 radical (unpaired) electrons. The number of hydrogen-bond acceptors (Lipinski definition) is 3. The first-order valence-electron chi connectivity index (χ1n) is 7.82. The Morgan fingerprint density at radius 3 is 2.50 bits per heavy atom. The number of esters is 1. The van der Waals surface area contributed by atoms with Crippen LogP contribution < -0.4 is 0 Å². The topological polar surface area (TPSA) is 43.4 Å². The van der Waals surface area contributed by atoms with Gasteiger partial charge in [0.25, 0.3) is 0 Å². The molecule has 3 aliphatic rings. The van der Waals surface area contributed by atoms with Crippen LogP contribution >= 0.6 is 0 Å². The first kappa shape index (κ1) is 13.8. The van der Waals surface area contributed by atoms with Crippen LogP contribution in [0.4, 0.5) is 0 Å². The van der Waals surface area contributed by atoms with Gasteiger partial charge in [-0.05, 0) is 44.1 Å². The Morgan fingerprint density at radius 1 is 1.20 bits per heavy atom. The Labute approximate surface area is 120 Å².